The number of oxazole rings is 5. The Labute approximate surface area is 426 Å². The van der Waals surface area contributed by atoms with Crippen LogP contribution in [0.5, 0.6) is 0 Å². The molecule has 4 N–H and O–H groups in total. The number of hydrogen-bond acceptors (Lipinski definition) is 24. The van der Waals surface area contributed by atoms with Gasteiger partial charge in [-0.15, -0.1) is 5.10 Å². The molecule has 0 saturated heterocycles. The van der Waals surface area contributed by atoms with E-state index in [0.717, 1.165) is 22.8 Å². The SMILES string of the molecule is CNC1C(=O)N(c2cccnn2)CCc2ncoc21.CNC1C(=O)N(c2ccncn2)CCc2ncoc21.CNC1C(=O)N(c2cnccn2)CCc2ncoc21.CNC1C(=O)N(c2ncco2)CCc2ncoc21. The third-order valence-corrected chi connectivity index (χ3v) is 12.4. The van der Waals surface area contributed by atoms with Crippen LogP contribution >= 0.6 is 0 Å². The number of nitrogens with one attached hydrogen (secondary N) is 4. The molecule has 388 valence electrons. The summed E-state index contributed by atoms with van der Waals surface area (Å²) >= 11 is 0. The van der Waals surface area contributed by atoms with Crippen molar-refractivity contribution in [2.75, 3.05) is 74.0 Å². The fraction of sp³-hybridized carbons (Fsp3) is 0.340. The molecule has 12 rings (SSSR count). The van der Waals surface area contributed by atoms with Crippen LogP contribution in [0.25, 0.3) is 0 Å². The number of likely N-dealkylation sites (N-methyl/N-ethyl adjacent to an activating group) is 4. The zero-order valence-electron chi connectivity index (χ0n) is 41.0. The predicted molar refractivity (Wildman–Crippen MR) is 260 cm³/mol. The van der Waals surface area contributed by atoms with E-state index in [1.807, 2.05) is 0 Å². The van der Waals surface area contributed by atoms with Crippen molar-refractivity contribution in [3.63, 3.8) is 0 Å². The van der Waals surface area contributed by atoms with Gasteiger partial charge < -0.3 is 43.4 Å². The summed E-state index contributed by atoms with van der Waals surface area (Å²) in [5.74, 6) is 3.50. The minimum absolute atomic E-state index is 0.100. The number of nitrogens with zero attached hydrogens (tertiary/aromatic N) is 15. The van der Waals surface area contributed by atoms with Gasteiger partial charge in [0.2, 0.25) is 0 Å². The van der Waals surface area contributed by atoms with E-state index in [1.165, 1.54) is 49.3 Å². The van der Waals surface area contributed by atoms with Gasteiger partial charge in [-0.05, 0) is 46.4 Å². The molecule has 0 bridgehead atoms. The van der Waals surface area contributed by atoms with Crippen LogP contribution in [0.1, 0.15) is 70.0 Å². The number of fused-ring (bicyclic) bond motifs is 4. The molecular formula is C47H51N19O9. The summed E-state index contributed by atoms with van der Waals surface area (Å²) in [6.45, 7) is 2.01. The van der Waals surface area contributed by atoms with Crippen molar-refractivity contribution in [3.8, 4) is 0 Å². The Bertz CT molecular complexity index is 2880. The molecule has 8 aromatic rings. The highest BCUT2D eigenvalue weighted by Gasteiger charge is 2.38. The number of aromatic nitrogens is 11. The average Bonchev–Trinajstić information content (AvgIpc) is 4.33. The van der Waals surface area contributed by atoms with E-state index in [4.69, 9.17) is 22.1 Å². The zero-order valence-corrected chi connectivity index (χ0v) is 41.0. The zero-order chi connectivity index (χ0) is 52.3. The second kappa shape index (κ2) is 23.7. The molecule has 4 atom stereocenters. The summed E-state index contributed by atoms with van der Waals surface area (Å²) in [7, 11) is 6.86. The van der Waals surface area contributed by atoms with E-state index in [0.29, 0.717) is 98.4 Å². The standard InChI is InChI=1S/3C12H13N5O2.C11H12N4O3/c1-13-10-11-8(16-7-19-11)2-5-17(12(10)18)9-6-14-3-4-15-9;1-13-10-11-8(16-7-19-11)3-5-17(12(10)18)9-2-4-14-6-15-9;1-13-10-11-8(14-7-19-11)4-6-17(12(10)18)9-3-2-5-15-16-9;1-12-8-9-7(14-6-18-9)2-4-15(10(8)16)11-13-3-5-17-11/h3-4,6-7,10,13H,2,5H2,1H3;2,4,6-7,10,13H,3,5H2,1H3;2-3,5,7,10,13H,4,6H2,1H3;3,5-6,8,12H,2,4H2,1H3. The van der Waals surface area contributed by atoms with Gasteiger partial charge in [-0.25, -0.2) is 39.9 Å². The van der Waals surface area contributed by atoms with Crippen molar-refractivity contribution in [3.05, 3.63) is 139 Å². The largest absolute Gasteiger partial charge is 0.446 e. The van der Waals surface area contributed by atoms with Crippen LogP contribution in [-0.2, 0) is 44.9 Å². The molecule has 0 fully saturated rings. The molecular weight excluding hydrogens is 975 g/mol. The van der Waals surface area contributed by atoms with E-state index in [9.17, 15) is 19.2 Å². The first-order chi connectivity index (χ1) is 36.7. The van der Waals surface area contributed by atoms with E-state index in [-0.39, 0.29) is 23.6 Å². The van der Waals surface area contributed by atoms with Gasteiger partial charge in [0.05, 0.1) is 35.2 Å². The highest BCUT2D eigenvalue weighted by Crippen LogP contribution is 2.30. The van der Waals surface area contributed by atoms with Gasteiger partial charge in [-0.3, -0.25) is 43.8 Å². The Hall–Kier alpha value is -8.99. The minimum atomic E-state index is -0.558. The average molecular weight is 1030 g/mol. The first-order valence-corrected chi connectivity index (χ1v) is 23.6. The lowest BCUT2D eigenvalue weighted by molar-refractivity contribution is -0.121. The molecule has 4 aliphatic heterocycles. The van der Waals surface area contributed by atoms with Crippen molar-refractivity contribution in [2.45, 2.75) is 49.9 Å². The molecule has 0 aromatic carbocycles. The van der Waals surface area contributed by atoms with Crippen LogP contribution in [0, 0.1) is 0 Å². The van der Waals surface area contributed by atoms with E-state index in [1.54, 1.807) is 92.1 Å². The lowest BCUT2D eigenvalue weighted by Gasteiger charge is -2.22. The van der Waals surface area contributed by atoms with Crippen molar-refractivity contribution >= 4 is 47.1 Å². The number of carbonyl (C=O) groups is 4. The molecule has 0 aliphatic carbocycles. The quantitative estimate of drug-likeness (QED) is 0.167. The van der Waals surface area contributed by atoms with Crippen LogP contribution in [-0.4, -0.2) is 133 Å². The third kappa shape index (κ3) is 10.9. The Morgan fingerprint density at radius 3 is 1.32 bits per heavy atom. The highest BCUT2D eigenvalue weighted by molar-refractivity contribution is 5.99. The molecule has 0 spiro atoms. The normalized spacial score (nSPS) is 19.3. The molecule has 0 radical (unpaired) electrons. The number of anilines is 4. The van der Waals surface area contributed by atoms with Gasteiger partial charge in [-0.2, -0.15) is 5.10 Å². The summed E-state index contributed by atoms with van der Waals surface area (Å²) in [6, 6.07) is 3.36. The Balaban J connectivity index is 0.000000122. The maximum Gasteiger partial charge on any atom is 0.304 e. The van der Waals surface area contributed by atoms with E-state index < -0.39 is 24.2 Å². The summed E-state index contributed by atoms with van der Waals surface area (Å²) in [4.78, 5) is 93.1. The van der Waals surface area contributed by atoms with Gasteiger partial charge >= 0.3 is 6.01 Å². The second-order valence-electron chi connectivity index (χ2n) is 16.5. The molecule has 4 aliphatic rings. The van der Waals surface area contributed by atoms with Gasteiger partial charge in [0, 0.05) is 76.6 Å². The maximum absolute atomic E-state index is 12.6. The minimum Gasteiger partial charge on any atom is -0.446 e. The lowest BCUT2D eigenvalue weighted by atomic mass is 10.1. The van der Waals surface area contributed by atoms with Crippen LogP contribution in [0.3, 0.4) is 0 Å². The van der Waals surface area contributed by atoms with Crippen molar-refractivity contribution in [1.82, 2.24) is 76.3 Å². The molecule has 28 heteroatoms. The Morgan fingerprint density at radius 1 is 0.453 bits per heavy atom. The summed E-state index contributed by atoms with van der Waals surface area (Å²) in [5.41, 5.74) is 3.21. The van der Waals surface area contributed by atoms with Crippen LogP contribution in [0.2, 0.25) is 0 Å². The summed E-state index contributed by atoms with van der Waals surface area (Å²) in [5, 5.41) is 19.6. The maximum atomic E-state index is 12.6. The van der Waals surface area contributed by atoms with Gasteiger partial charge in [0.1, 0.15) is 42.6 Å². The first kappa shape index (κ1) is 50.9. The topological polar surface area (TPSA) is 337 Å². The van der Waals surface area contributed by atoms with E-state index in [2.05, 4.69) is 76.3 Å². The van der Waals surface area contributed by atoms with Crippen molar-refractivity contribution in [2.24, 2.45) is 0 Å². The van der Waals surface area contributed by atoms with Gasteiger partial charge in [-0.1, -0.05) is 0 Å². The highest BCUT2D eigenvalue weighted by atomic mass is 16.4. The molecule has 4 amide bonds. The third-order valence-electron chi connectivity index (χ3n) is 12.4. The Kier molecular flexibility index (Phi) is 16.1. The fourth-order valence-electron chi connectivity index (χ4n) is 8.74. The van der Waals surface area contributed by atoms with Crippen molar-refractivity contribution < 1.29 is 41.3 Å². The molecule has 8 aromatic heterocycles. The molecule has 4 unspecified atom stereocenters. The number of hydrogen-bond donors (Lipinski definition) is 4. The summed E-state index contributed by atoms with van der Waals surface area (Å²) < 4.78 is 26.5. The van der Waals surface area contributed by atoms with E-state index >= 15 is 0 Å². The lowest BCUT2D eigenvalue weighted by Crippen LogP contribution is -2.39. The molecule has 28 nitrogen and oxygen atoms in total. The summed E-state index contributed by atoms with van der Waals surface area (Å²) in [6.07, 6.45) is 20.3. The smallest absolute Gasteiger partial charge is 0.304 e. The molecule has 0 saturated carbocycles. The van der Waals surface area contributed by atoms with Crippen LogP contribution < -0.4 is 40.9 Å². The van der Waals surface area contributed by atoms with Gasteiger partial charge in [0.25, 0.3) is 23.6 Å². The van der Waals surface area contributed by atoms with Gasteiger partial charge in [0.15, 0.2) is 60.3 Å². The molecule has 12 heterocycles. The van der Waals surface area contributed by atoms with Crippen LogP contribution in [0.15, 0.2) is 116 Å². The number of amides is 4. The second-order valence-corrected chi connectivity index (χ2v) is 16.5. The van der Waals surface area contributed by atoms with Crippen LogP contribution in [0.4, 0.5) is 23.5 Å². The fourth-order valence-corrected chi connectivity index (χ4v) is 8.74. The number of rotatable bonds is 8. The predicted octanol–water partition coefficient (Wildman–Crippen LogP) is 1.46. The molecule has 75 heavy (non-hydrogen) atoms. The van der Waals surface area contributed by atoms with Crippen molar-refractivity contribution in [1.29, 1.82) is 0 Å². The number of carbonyl (C=O) groups excluding carboxylic acids is 4. The first-order valence-electron chi connectivity index (χ1n) is 23.6. The monoisotopic (exact) mass is 1030 g/mol. The Morgan fingerprint density at radius 2 is 0.920 bits per heavy atom.